The average molecular weight is 713 g/mol. The quantitative estimate of drug-likeness (QED) is 0.183. The summed E-state index contributed by atoms with van der Waals surface area (Å²) in [5.41, 5.74) is 5.56. The van der Waals surface area contributed by atoms with E-state index in [0.717, 1.165) is 63.4 Å². The number of hydrogen-bond donors (Lipinski definition) is 0. The second kappa shape index (κ2) is 8.89. The van der Waals surface area contributed by atoms with Gasteiger partial charge in [-0.25, -0.2) is 16.3 Å². The summed E-state index contributed by atoms with van der Waals surface area (Å²) in [4.78, 5) is 14.7. The van der Waals surface area contributed by atoms with Gasteiger partial charge < -0.3 is 13.9 Å². The van der Waals surface area contributed by atoms with Gasteiger partial charge in [0.15, 0.2) is 0 Å². The fraction of sp³-hybridized carbons (Fsp3) is 0.0625. The van der Waals surface area contributed by atoms with Gasteiger partial charge in [0.2, 0.25) is 0 Å². The third-order valence-electron chi connectivity index (χ3n) is 7.62. The minimum absolute atomic E-state index is 0. The molecule has 8 aromatic rings. The molecule has 8 heteroatoms. The molecule has 0 saturated heterocycles. The van der Waals surface area contributed by atoms with Crippen molar-refractivity contribution in [3.8, 4) is 11.6 Å². The van der Waals surface area contributed by atoms with E-state index in [-0.39, 0.29) is 20.1 Å². The molecular formula is C32H20IrN6S-2. The van der Waals surface area contributed by atoms with Gasteiger partial charge in [0.25, 0.3) is 0 Å². The standard InChI is InChI=1S/C32H20N6S.Ir/c1-2-9-23-21(8-1)15-18-35(23)28-13-7-14-29(34-28)37-24-10-3-4-11-25(24)38-30(37)20-22-31-26(39-32(22)38)16-19-36(31)27-12-5-6-17-33-27;/h1-15,17H,16,19H2;/q-2;. The molecule has 9 rings (SSSR count). The van der Waals surface area contributed by atoms with Gasteiger partial charge in [0.05, 0.1) is 22.5 Å². The van der Waals surface area contributed by atoms with Crippen LogP contribution in [0, 0.1) is 12.3 Å². The van der Waals surface area contributed by atoms with Crippen molar-refractivity contribution >= 4 is 60.6 Å². The van der Waals surface area contributed by atoms with E-state index in [2.05, 4.69) is 97.8 Å². The third kappa shape index (κ3) is 3.24. The Kier molecular flexibility index (Phi) is 5.26. The van der Waals surface area contributed by atoms with Gasteiger partial charge in [-0.15, -0.1) is 29.0 Å². The Hall–Kier alpha value is -4.23. The fourth-order valence-electron chi connectivity index (χ4n) is 5.95. The van der Waals surface area contributed by atoms with E-state index in [1.54, 1.807) is 0 Å². The molecule has 7 heterocycles. The molecule has 0 aliphatic carbocycles. The van der Waals surface area contributed by atoms with E-state index >= 15 is 0 Å². The maximum Gasteiger partial charge on any atom is 0.130 e. The third-order valence-corrected chi connectivity index (χ3v) is 8.85. The molecule has 195 valence electrons. The molecule has 0 unspecified atom stereocenters. The predicted octanol–water partition coefficient (Wildman–Crippen LogP) is 7.12. The molecular weight excluding hydrogens is 693 g/mol. The Morgan fingerprint density at radius 1 is 0.775 bits per heavy atom. The van der Waals surface area contributed by atoms with Crippen LogP contribution in [0.1, 0.15) is 4.88 Å². The summed E-state index contributed by atoms with van der Waals surface area (Å²) in [5.74, 6) is 2.67. The second-order valence-electron chi connectivity index (χ2n) is 9.77. The van der Waals surface area contributed by atoms with Crippen molar-refractivity contribution in [2.75, 3.05) is 11.4 Å². The number of thiophene rings is 1. The second-order valence-corrected chi connectivity index (χ2v) is 10.9. The first kappa shape index (κ1) is 23.6. The number of para-hydroxylation sites is 3. The van der Waals surface area contributed by atoms with Crippen LogP contribution in [0.4, 0.5) is 11.5 Å². The Morgan fingerprint density at radius 2 is 1.55 bits per heavy atom. The molecule has 0 saturated carbocycles. The summed E-state index contributed by atoms with van der Waals surface area (Å²) in [6.45, 7) is 0.938. The van der Waals surface area contributed by atoms with Crippen LogP contribution in [0.3, 0.4) is 0 Å². The van der Waals surface area contributed by atoms with Crippen molar-refractivity contribution in [2.45, 2.75) is 6.42 Å². The van der Waals surface area contributed by atoms with Crippen molar-refractivity contribution in [1.82, 2.24) is 23.5 Å². The Labute approximate surface area is 247 Å². The summed E-state index contributed by atoms with van der Waals surface area (Å²) in [6, 6.07) is 34.9. The zero-order chi connectivity index (χ0) is 25.5. The molecule has 1 radical (unpaired) electrons. The van der Waals surface area contributed by atoms with Crippen molar-refractivity contribution < 1.29 is 20.1 Å². The van der Waals surface area contributed by atoms with Crippen molar-refractivity contribution in [3.63, 3.8) is 0 Å². The summed E-state index contributed by atoms with van der Waals surface area (Å²) < 4.78 is 6.60. The van der Waals surface area contributed by atoms with E-state index in [0.29, 0.717) is 0 Å². The molecule has 0 N–H and O–H groups in total. The Morgan fingerprint density at radius 3 is 2.42 bits per heavy atom. The summed E-state index contributed by atoms with van der Waals surface area (Å²) in [7, 11) is 0. The maximum atomic E-state index is 5.14. The zero-order valence-electron chi connectivity index (χ0n) is 21.1. The number of aromatic nitrogens is 5. The number of nitrogens with zero attached hydrogens (tertiary/aromatic N) is 6. The molecule has 0 amide bonds. The van der Waals surface area contributed by atoms with Gasteiger partial charge in [-0.3, -0.25) is 9.55 Å². The number of imidazole rings is 1. The summed E-state index contributed by atoms with van der Waals surface area (Å²) in [6.07, 6.45) is 6.25. The number of fused-ring (bicyclic) bond motifs is 8. The van der Waals surface area contributed by atoms with E-state index in [1.165, 1.54) is 15.4 Å². The molecule has 2 aromatic carbocycles. The normalized spacial score (nSPS) is 13.1. The number of hydrogen-bond acceptors (Lipinski definition) is 4. The van der Waals surface area contributed by atoms with Gasteiger partial charge in [0.1, 0.15) is 11.6 Å². The summed E-state index contributed by atoms with van der Waals surface area (Å²) in [5, 5.41) is 2.29. The SMILES string of the molecule is [Ir].[c-]1c2c3c(sc2n2c4ccccc4n(-c4cccc(-n5[c-]cc6ccccc65)n4)c12)CCN3c1ccccn1. The van der Waals surface area contributed by atoms with Crippen LogP contribution in [0.2, 0.25) is 0 Å². The van der Waals surface area contributed by atoms with Crippen LogP contribution < -0.4 is 4.90 Å². The fourth-order valence-corrected chi connectivity index (χ4v) is 7.21. The van der Waals surface area contributed by atoms with Crippen LogP contribution in [0.25, 0.3) is 49.4 Å². The summed E-state index contributed by atoms with van der Waals surface area (Å²) >= 11 is 1.87. The van der Waals surface area contributed by atoms with E-state index in [4.69, 9.17) is 4.98 Å². The van der Waals surface area contributed by atoms with E-state index in [1.807, 2.05) is 46.4 Å². The maximum absolute atomic E-state index is 5.14. The Balaban J connectivity index is 0.00000245. The number of benzene rings is 2. The molecule has 6 aromatic heterocycles. The number of rotatable bonds is 3. The van der Waals surface area contributed by atoms with Gasteiger partial charge in [-0.2, -0.15) is 0 Å². The molecule has 0 spiro atoms. The van der Waals surface area contributed by atoms with Crippen molar-refractivity contribution in [1.29, 1.82) is 0 Å². The van der Waals surface area contributed by atoms with Gasteiger partial charge in [0, 0.05) is 32.8 Å². The van der Waals surface area contributed by atoms with E-state index in [9.17, 15) is 0 Å². The zero-order valence-corrected chi connectivity index (χ0v) is 24.3. The first-order chi connectivity index (χ1) is 19.3. The monoisotopic (exact) mass is 713 g/mol. The molecule has 1 aliphatic rings. The number of anilines is 2. The van der Waals surface area contributed by atoms with Crippen LogP contribution in [-0.4, -0.2) is 30.0 Å². The first-order valence-electron chi connectivity index (χ1n) is 13.0. The van der Waals surface area contributed by atoms with Gasteiger partial charge in [-0.1, -0.05) is 60.2 Å². The molecule has 0 atom stereocenters. The van der Waals surface area contributed by atoms with E-state index < -0.39 is 0 Å². The number of pyridine rings is 2. The molecule has 40 heavy (non-hydrogen) atoms. The molecule has 6 nitrogen and oxygen atoms in total. The van der Waals surface area contributed by atoms with Gasteiger partial charge in [-0.05, 0) is 52.1 Å². The Bertz CT molecular complexity index is 2200. The van der Waals surface area contributed by atoms with Crippen LogP contribution in [0.5, 0.6) is 0 Å². The smallest absolute Gasteiger partial charge is 0.130 e. The van der Waals surface area contributed by atoms with Crippen LogP contribution in [-0.2, 0) is 26.5 Å². The van der Waals surface area contributed by atoms with Gasteiger partial charge >= 0.3 is 0 Å². The predicted molar refractivity (Wildman–Crippen MR) is 157 cm³/mol. The van der Waals surface area contributed by atoms with Crippen molar-refractivity contribution in [2.24, 2.45) is 0 Å². The molecule has 0 fully saturated rings. The van der Waals surface area contributed by atoms with Crippen molar-refractivity contribution in [3.05, 3.63) is 114 Å². The minimum atomic E-state index is 0. The minimum Gasteiger partial charge on any atom is -0.429 e. The van der Waals surface area contributed by atoms with Crippen LogP contribution >= 0.6 is 11.3 Å². The first-order valence-corrected chi connectivity index (χ1v) is 13.8. The molecule has 1 aliphatic heterocycles. The van der Waals surface area contributed by atoms with Crippen LogP contribution in [0.15, 0.2) is 97.2 Å². The molecule has 0 bridgehead atoms. The average Bonchev–Trinajstić information content (AvgIpc) is 3.78. The largest absolute Gasteiger partial charge is 0.429 e. The topological polar surface area (TPSA) is 43.3 Å².